The number of rotatable bonds is 2. The predicted octanol–water partition coefficient (Wildman–Crippen LogP) is 4.44. The van der Waals surface area contributed by atoms with Crippen molar-refractivity contribution >= 4 is 22.9 Å². The number of para-hydroxylation sites is 1. The molecule has 2 aliphatic heterocycles. The molecular weight excluding hydrogens is 340 g/mol. The van der Waals surface area contributed by atoms with E-state index in [-0.39, 0.29) is 18.0 Å². The Morgan fingerprint density at radius 1 is 1.04 bits per heavy atom. The Balaban J connectivity index is 1.69. The van der Waals surface area contributed by atoms with Gasteiger partial charge in [-0.25, -0.2) is 0 Å². The van der Waals surface area contributed by atoms with E-state index in [1.807, 2.05) is 30.1 Å². The van der Waals surface area contributed by atoms with Crippen molar-refractivity contribution in [2.45, 2.75) is 23.9 Å². The Kier molecular flexibility index (Phi) is 3.52. The zero-order valence-corrected chi connectivity index (χ0v) is 15.4. The number of carbonyl (C=O) groups excluding carboxylic acids is 1. The van der Waals surface area contributed by atoms with E-state index in [0.29, 0.717) is 0 Å². The summed E-state index contributed by atoms with van der Waals surface area (Å²) in [4.78, 5) is 16.6. The summed E-state index contributed by atoms with van der Waals surface area (Å²) in [6.45, 7) is 0. The Bertz CT molecular complexity index is 953. The summed E-state index contributed by atoms with van der Waals surface area (Å²) in [6, 6.07) is 23.1. The van der Waals surface area contributed by atoms with Gasteiger partial charge >= 0.3 is 0 Å². The topological polar surface area (TPSA) is 32.3 Å². The third kappa shape index (κ3) is 2.06. The highest BCUT2D eigenvalue weighted by Crippen LogP contribution is 2.57. The summed E-state index contributed by atoms with van der Waals surface area (Å²) in [6.07, 6.45) is 0.778. The van der Waals surface area contributed by atoms with Gasteiger partial charge in [0.15, 0.2) is 0 Å². The monoisotopic (exact) mass is 360 g/mol. The average Bonchev–Trinajstić information content (AvgIpc) is 3.39. The molecule has 3 nitrogen and oxygen atoms in total. The van der Waals surface area contributed by atoms with Gasteiger partial charge < -0.3 is 10.2 Å². The Labute approximate surface area is 157 Å². The number of carbonyl (C=O) groups is 1. The molecule has 0 radical (unpaired) electrons. The number of amides is 1. The molecule has 2 aliphatic rings. The molecule has 0 saturated carbocycles. The van der Waals surface area contributed by atoms with E-state index in [0.717, 1.165) is 17.7 Å². The van der Waals surface area contributed by atoms with Crippen LogP contribution in [0.3, 0.4) is 0 Å². The quantitative estimate of drug-likeness (QED) is 0.733. The highest BCUT2D eigenvalue weighted by Gasteiger charge is 2.60. The number of hydrogen-bond donors (Lipinski definition) is 1. The van der Waals surface area contributed by atoms with Crippen LogP contribution in [0, 0.1) is 0 Å². The van der Waals surface area contributed by atoms with Crippen molar-refractivity contribution in [2.24, 2.45) is 0 Å². The van der Waals surface area contributed by atoms with E-state index in [1.54, 1.807) is 11.3 Å². The number of likely N-dealkylation sites (N-methyl/N-ethyl adjacent to an activating group) is 1. The maximum atomic E-state index is 13.6. The number of anilines is 1. The highest BCUT2D eigenvalue weighted by atomic mass is 32.1. The van der Waals surface area contributed by atoms with Crippen LogP contribution in [0.4, 0.5) is 5.69 Å². The second kappa shape index (κ2) is 5.79. The molecule has 3 aromatic rings. The molecule has 1 aromatic heterocycles. The minimum atomic E-state index is -0.545. The van der Waals surface area contributed by atoms with Crippen LogP contribution < -0.4 is 10.2 Å². The van der Waals surface area contributed by atoms with Gasteiger partial charge in [-0.2, -0.15) is 0 Å². The van der Waals surface area contributed by atoms with Crippen LogP contribution in [0.25, 0.3) is 0 Å². The van der Waals surface area contributed by atoms with Crippen molar-refractivity contribution in [1.29, 1.82) is 0 Å². The van der Waals surface area contributed by atoms with Gasteiger partial charge in [0.05, 0.1) is 11.5 Å². The number of thiophene rings is 1. The van der Waals surface area contributed by atoms with E-state index in [9.17, 15) is 4.79 Å². The first-order valence-electron chi connectivity index (χ1n) is 8.94. The summed E-state index contributed by atoms with van der Waals surface area (Å²) in [5.74, 6) is 0.197. The van der Waals surface area contributed by atoms with Crippen molar-refractivity contribution < 1.29 is 4.79 Å². The standard InChI is InChI=1S/C22H20N2OS/c1-24-18-11-6-5-10-16(18)22(21(24)25)14-17(15-8-3-2-4-9-15)23-20(22)19-12-7-13-26-19/h2-13,17,20,23H,14H2,1H3/t17-,20-,22+/m1/s1. The minimum absolute atomic E-state index is 0.00805. The fourth-order valence-electron chi connectivity index (χ4n) is 4.67. The van der Waals surface area contributed by atoms with Crippen molar-refractivity contribution in [3.8, 4) is 0 Å². The highest BCUT2D eigenvalue weighted by molar-refractivity contribution is 7.10. The maximum Gasteiger partial charge on any atom is 0.239 e. The van der Waals surface area contributed by atoms with Crippen LogP contribution in [0.15, 0.2) is 72.1 Å². The van der Waals surface area contributed by atoms with Gasteiger partial charge in [0.25, 0.3) is 0 Å². The van der Waals surface area contributed by atoms with Gasteiger partial charge in [-0.05, 0) is 35.1 Å². The van der Waals surface area contributed by atoms with Gasteiger partial charge in [-0.3, -0.25) is 4.79 Å². The fraction of sp³-hybridized carbons (Fsp3) is 0.227. The van der Waals surface area contributed by atoms with Crippen LogP contribution in [0.2, 0.25) is 0 Å². The summed E-state index contributed by atoms with van der Waals surface area (Å²) < 4.78 is 0. The largest absolute Gasteiger partial charge is 0.314 e. The van der Waals surface area contributed by atoms with E-state index >= 15 is 0 Å². The van der Waals surface area contributed by atoms with E-state index in [4.69, 9.17) is 0 Å². The molecular formula is C22H20N2OS. The van der Waals surface area contributed by atoms with Gasteiger partial charge in [0.2, 0.25) is 5.91 Å². The summed E-state index contributed by atoms with van der Waals surface area (Å²) in [5, 5.41) is 5.89. The van der Waals surface area contributed by atoms with Gasteiger partial charge in [0, 0.05) is 23.7 Å². The number of benzene rings is 2. The molecule has 5 rings (SSSR count). The van der Waals surface area contributed by atoms with Crippen LogP contribution in [-0.4, -0.2) is 13.0 Å². The Morgan fingerprint density at radius 3 is 2.58 bits per heavy atom. The zero-order chi connectivity index (χ0) is 17.7. The summed E-state index contributed by atoms with van der Waals surface area (Å²) in [7, 11) is 1.90. The molecule has 2 aromatic carbocycles. The van der Waals surface area contributed by atoms with Crippen LogP contribution in [0.1, 0.15) is 34.5 Å². The lowest BCUT2D eigenvalue weighted by molar-refractivity contribution is -0.123. The number of hydrogen-bond acceptors (Lipinski definition) is 3. The van der Waals surface area contributed by atoms with Crippen molar-refractivity contribution in [2.75, 3.05) is 11.9 Å². The fourth-order valence-corrected chi connectivity index (χ4v) is 5.54. The number of fused-ring (bicyclic) bond motifs is 2. The van der Waals surface area contributed by atoms with Crippen LogP contribution in [-0.2, 0) is 10.2 Å². The van der Waals surface area contributed by atoms with E-state index in [1.165, 1.54) is 10.4 Å². The van der Waals surface area contributed by atoms with Crippen molar-refractivity contribution in [3.63, 3.8) is 0 Å². The molecule has 0 unspecified atom stereocenters. The van der Waals surface area contributed by atoms with Gasteiger partial charge in [-0.1, -0.05) is 54.6 Å². The van der Waals surface area contributed by atoms with Crippen molar-refractivity contribution in [3.05, 3.63) is 88.1 Å². The van der Waals surface area contributed by atoms with E-state index < -0.39 is 5.41 Å². The molecule has 26 heavy (non-hydrogen) atoms. The third-order valence-corrected chi connectivity index (χ3v) is 6.79. The first kappa shape index (κ1) is 15.8. The lowest BCUT2D eigenvalue weighted by atomic mass is 9.73. The molecule has 130 valence electrons. The molecule has 4 heteroatoms. The van der Waals surface area contributed by atoms with Gasteiger partial charge in [0.1, 0.15) is 0 Å². The Hall–Kier alpha value is -2.43. The molecule has 1 amide bonds. The molecule has 1 fully saturated rings. The lowest BCUT2D eigenvalue weighted by Gasteiger charge is -2.29. The number of nitrogens with one attached hydrogen (secondary N) is 1. The first-order valence-corrected chi connectivity index (χ1v) is 9.82. The Morgan fingerprint density at radius 2 is 1.81 bits per heavy atom. The summed E-state index contributed by atoms with van der Waals surface area (Å²) >= 11 is 1.72. The van der Waals surface area contributed by atoms with E-state index in [2.05, 4.69) is 59.2 Å². The number of nitrogens with zero attached hydrogens (tertiary/aromatic N) is 1. The van der Waals surface area contributed by atoms with Gasteiger partial charge in [-0.15, -0.1) is 11.3 Å². The normalized spacial score (nSPS) is 27.3. The first-order chi connectivity index (χ1) is 12.7. The lowest BCUT2D eigenvalue weighted by Crippen LogP contribution is -2.42. The van der Waals surface area contributed by atoms with Crippen LogP contribution >= 0.6 is 11.3 Å². The molecule has 1 N–H and O–H groups in total. The third-order valence-electron chi connectivity index (χ3n) is 5.85. The second-order valence-corrected chi connectivity index (χ2v) is 8.11. The zero-order valence-electron chi connectivity index (χ0n) is 14.6. The van der Waals surface area contributed by atoms with Crippen LogP contribution in [0.5, 0.6) is 0 Å². The maximum absolute atomic E-state index is 13.6. The molecule has 0 aliphatic carbocycles. The smallest absolute Gasteiger partial charge is 0.239 e. The predicted molar refractivity (Wildman–Crippen MR) is 106 cm³/mol. The minimum Gasteiger partial charge on any atom is -0.314 e. The molecule has 1 spiro atoms. The molecule has 3 atom stereocenters. The second-order valence-electron chi connectivity index (χ2n) is 7.14. The molecule has 1 saturated heterocycles. The van der Waals surface area contributed by atoms with Crippen molar-refractivity contribution in [1.82, 2.24) is 5.32 Å². The SMILES string of the molecule is CN1C(=O)[C@@]2(C[C@H](c3ccccc3)N[C@@H]2c2cccs2)c2ccccc21. The molecule has 0 bridgehead atoms. The summed E-state index contributed by atoms with van der Waals surface area (Å²) in [5.41, 5.74) is 2.88. The average molecular weight is 360 g/mol. The molecule has 3 heterocycles.